The summed E-state index contributed by atoms with van der Waals surface area (Å²) >= 11 is 0. The average Bonchev–Trinajstić information content (AvgIpc) is 2.20. The first-order valence-electron chi connectivity index (χ1n) is 5.74. The molecule has 0 radical (unpaired) electrons. The number of nitrogens with two attached hydrogens (primary N) is 1. The van der Waals surface area contributed by atoms with Crippen LogP contribution in [0.4, 0.5) is 11.4 Å². The van der Waals surface area contributed by atoms with Crippen molar-refractivity contribution in [2.24, 2.45) is 0 Å². The summed E-state index contributed by atoms with van der Waals surface area (Å²) in [6.07, 6.45) is 0. The summed E-state index contributed by atoms with van der Waals surface area (Å²) in [5.74, 6) is 0. The Labute approximate surface area is 97.2 Å². The van der Waals surface area contributed by atoms with E-state index in [-0.39, 0.29) is 5.60 Å². The van der Waals surface area contributed by atoms with Gasteiger partial charge in [-0.2, -0.15) is 0 Å². The number of hydrogen-bond donors (Lipinski definition) is 1. The van der Waals surface area contributed by atoms with Gasteiger partial charge in [-0.25, -0.2) is 0 Å². The zero-order valence-corrected chi connectivity index (χ0v) is 10.3. The summed E-state index contributed by atoms with van der Waals surface area (Å²) in [6.45, 7) is 8.85. The number of aryl methyl sites for hydroxylation is 1. The van der Waals surface area contributed by atoms with E-state index >= 15 is 0 Å². The van der Waals surface area contributed by atoms with Crippen LogP contribution in [-0.4, -0.2) is 25.3 Å². The fourth-order valence-corrected chi connectivity index (χ4v) is 2.16. The van der Waals surface area contributed by atoms with Gasteiger partial charge in [-0.15, -0.1) is 0 Å². The molecule has 3 heteroatoms. The summed E-state index contributed by atoms with van der Waals surface area (Å²) in [5, 5.41) is 0. The van der Waals surface area contributed by atoms with E-state index in [1.807, 2.05) is 13.0 Å². The third-order valence-electron chi connectivity index (χ3n) is 3.07. The fraction of sp³-hybridized carbons (Fsp3) is 0.538. The molecule has 1 aliphatic rings. The van der Waals surface area contributed by atoms with Crippen molar-refractivity contribution in [1.82, 2.24) is 0 Å². The van der Waals surface area contributed by atoms with Gasteiger partial charge < -0.3 is 15.4 Å². The minimum absolute atomic E-state index is 0.0889. The molecule has 1 aromatic carbocycles. The van der Waals surface area contributed by atoms with E-state index in [1.54, 1.807) is 0 Å². The van der Waals surface area contributed by atoms with E-state index in [9.17, 15) is 0 Å². The third-order valence-corrected chi connectivity index (χ3v) is 3.07. The number of nitrogen functional groups attached to an aromatic ring is 1. The number of benzene rings is 1. The molecule has 1 heterocycles. The molecule has 0 aliphatic carbocycles. The van der Waals surface area contributed by atoms with Crippen LogP contribution < -0.4 is 10.6 Å². The zero-order valence-electron chi connectivity index (χ0n) is 10.3. The lowest BCUT2D eigenvalue weighted by atomic mass is 10.1. The van der Waals surface area contributed by atoms with Crippen molar-refractivity contribution in [2.75, 3.05) is 30.3 Å². The first-order valence-corrected chi connectivity index (χ1v) is 5.74. The maximum Gasteiger partial charge on any atom is 0.0801 e. The quantitative estimate of drug-likeness (QED) is 0.737. The number of hydrogen-bond acceptors (Lipinski definition) is 3. The lowest BCUT2D eigenvalue weighted by Gasteiger charge is -2.40. The molecule has 1 fully saturated rings. The van der Waals surface area contributed by atoms with Crippen molar-refractivity contribution < 1.29 is 4.74 Å². The Morgan fingerprint density at radius 1 is 1.38 bits per heavy atom. The zero-order chi connectivity index (χ0) is 11.8. The molecule has 0 amide bonds. The second-order valence-electron chi connectivity index (χ2n) is 5.04. The topological polar surface area (TPSA) is 38.5 Å². The first-order chi connectivity index (χ1) is 7.49. The first kappa shape index (κ1) is 11.3. The summed E-state index contributed by atoms with van der Waals surface area (Å²) in [7, 11) is 0. The highest BCUT2D eigenvalue weighted by atomic mass is 16.5. The Balaban J connectivity index is 2.27. The van der Waals surface area contributed by atoms with Crippen LogP contribution in [0, 0.1) is 6.92 Å². The molecule has 0 spiro atoms. The standard InChI is InChI=1S/C13H20N2O/c1-10-5-4-6-11(12(10)14)15-7-8-16-13(2,3)9-15/h4-6H,7-9,14H2,1-3H3. The predicted molar refractivity (Wildman–Crippen MR) is 67.8 cm³/mol. The van der Waals surface area contributed by atoms with Crippen LogP contribution in [0.5, 0.6) is 0 Å². The number of ether oxygens (including phenoxy) is 1. The molecule has 2 N–H and O–H groups in total. The number of rotatable bonds is 1. The van der Waals surface area contributed by atoms with Crippen LogP contribution in [0.3, 0.4) is 0 Å². The Morgan fingerprint density at radius 2 is 2.12 bits per heavy atom. The fourth-order valence-electron chi connectivity index (χ4n) is 2.16. The lowest BCUT2D eigenvalue weighted by Crippen LogP contribution is -2.48. The van der Waals surface area contributed by atoms with E-state index in [0.717, 1.165) is 36.6 Å². The Morgan fingerprint density at radius 3 is 2.81 bits per heavy atom. The smallest absolute Gasteiger partial charge is 0.0801 e. The highest BCUT2D eigenvalue weighted by molar-refractivity contribution is 5.71. The van der Waals surface area contributed by atoms with Crippen LogP contribution >= 0.6 is 0 Å². The van der Waals surface area contributed by atoms with Gasteiger partial charge in [0, 0.05) is 13.1 Å². The normalized spacial score (nSPS) is 19.8. The second kappa shape index (κ2) is 3.98. The molecule has 3 nitrogen and oxygen atoms in total. The average molecular weight is 220 g/mol. The molecule has 16 heavy (non-hydrogen) atoms. The SMILES string of the molecule is Cc1cccc(N2CCOC(C)(C)C2)c1N. The van der Waals surface area contributed by atoms with Gasteiger partial charge in [-0.1, -0.05) is 12.1 Å². The molecule has 1 aromatic rings. The molecule has 2 rings (SSSR count). The molecule has 0 atom stereocenters. The summed E-state index contributed by atoms with van der Waals surface area (Å²) < 4.78 is 5.70. The molecule has 0 unspecified atom stereocenters. The molecule has 1 saturated heterocycles. The van der Waals surface area contributed by atoms with E-state index < -0.39 is 0 Å². The van der Waals surface area contributed by atoms with Crippen LogP contribution in [-0.2, 0) is 4.74 Å². The van der Waals surface area contributed by atoms with Crippen molar-refractivity contribution in [3.8, 4) is 0 Å². The van der Waals surface area contributed by atoms with E-state index in [2.05, 4.69) is 30.9 Å². The molecular formula is C13H20N2O. The summed E-state index contributed by atoms with van der Waals surface area (Å²) in [5.41, 5.74) is 9.20. The maximum atomic E-state index is 6.12. The molecule has 0 aromatic heterocycles. The van der Waals surface area contributed by atoms with Gasteiger partial charge in [-0.3, -0.25) is 0 Å². The van der Waals surface area contributed by atoms with Crippen molar-refractivity contribution in [2.45, 2.75) is 26.4 Å². The number of morpholine rings is 1. The highest BCUT2D eigenvalue weighted by Crippen LogP contribution is 2.29. The van der Waals surface area contributed by atoms with Gasteiger partial charge >= 0.3 is 0 Å². The number of nitrogens with zero attached hydrogens (tertiary/aromatic N) is 1. The Kier molecular flexibility index (Phi) is 2.80. The van der Waals surface area contributed by atoms with Crippen molar-refractivity contribution >= 4 is 11.4 Å². The van der Waals surface area contributed by atoms with Gasteiger partial charge in [0.05, 0.1) is 23.6 Å². The Bertz CT molecular complexity index is 388. The molecule has 88 valence electrons. The molecule has 0 saturated carbocycles. The number of para-hydroxylation sites is 1. The number of anilines is 2. The van der Waals surface area contributed by atoms with Gasteiger partial charge in [-0.05, 0) is 32.4 Å². The molecule has 0 bridgehead atoms. The summed E-state index contributed by atoms with van der Waals surface area (Å²) in [4.78, 5) is 2.31. The van der Waals surface area contributed by atoms with E-state index in [4.69, 9.17) is 10.5 Å². The van der Waals surface area contributed by atoms with Gasteiger partial charge in [0.1, 0.15) is 0 Å². The lowest BCUT2D eigenvalue weighted by molar-refractivity contribution is -0.0276. The minimum atomic E-state index is -0.0889. The van der Waals surface area contributed by atoms with E-state index in [0.29, 0.717) is 0 Å². The van der Waals surface area contributed by atoms with Gasteiger partial charge in [0.2, 0.25) is 0 Å². The monoisotopic (exact) mass is 220 g/mol. The van der Waals surface area contributed by atoms with Crippen LogP contribution in [0.1, 0.15) is 19.4 Å². The predicted octanol–water partition coefficient (Wildman–Crippen LogP) is 2.19. The highest BCUT2D eigenvalue weighted by Gasteiger charge is 2.28. The third kappa shape index (κ3) is 2.14. The van der Waals surface area contributed by atoms with Crippen LogP contribution in [0.25, 0.3) is 0 Å². The summed E-state index contributed by atoms with van der Waals surface area (Å²) in [6, 6.07) is 6.19. The van der Waals surface area contributed by atoms with Gasteiger partial charge in [0.25, 0.3) is 0 Å². The van der Waals surface area contributed by atoms with Crippen molar-refractivity contribution in [1.29, 1.82) is 0 Å². The molecule has 1 aliphatic heterocycles. The Hall–Kier alpha value is -1.22. The van der Waals surface area contributed by atoms with Gasteiger partial charge in [0.15, 0.2) is 0 Å². The maximum absolute atomic E-state index is 6.12. The van der Waals surface area contributed by atoms with Crippen LogP contribution in [0.2, 0.25) is 0 Å². The second-order valence-corrected chi connectivity index (χ2v) is 5.04. The van der Waals surface area contributed by atoms with Crippen molar-refractivity contribution in [3.05, 3.63) is 23.8 Å². The molecular weight excluding hydrogens is 200 g/mol. The largest absolute Gasteiger partial charge is 0.397 e. The van der Waals surface area contributed by atoms with E-state index in [1.165, 1.54) is 0 Å². The van der Waals surface area contributed by atoms with Crippen LogP contribution in [0.15, 0.2) is 18.2 Å². The minimum Gasteiger partial charge on any atom is -0.397 e. The van der Waals surface area contributed by atoms with Crippen molar-refractivity contribution in [3.63, 3.8) is 0 Å².